The van der Waals surface area contributed by atoms with Crippen LogP contribution in [0.15, 0.2) is 0 Å². The smallest absolute Gasteiger partial charge is 0.252 e. The van der Waals surface area contributed by atoms with Crippen molar-refractivity contribution in [1.82, 2.24) is 0 Å². The lowest BCUT2D eigenvalue weighted by Crippen LogP contribution is -2.21. The Hall–Kier alpha value is -0.130. The van der Waals surface area contributed by atoms with Crippen LogP contribution in [-0.2, 0) is 18.8 Å². The molecule has 0 aromatic rings. The van der Waals surface area contributed by atoms with Gasteiger partial charge in [-0.05, 0) is 24.7 Å². The highest BCUT2D eigenvalue weighted by atomic mass is 32.3. The summed E-state index contributed by atoms with van der Waals surface area (Å²) in [6, 6.07) is 0. The molecule has 0 aromatic heterocycles. The predicted molar refractivity (Wildman–Crippen MR) is 48.4 cm³/mol. The molecule has 0 bridgehead atoms. The average molecular weight is 208 g/mol. The summed E-state index contributed by atoms with van der Waals surface area (Å²) in [4.78, 5) is 0. The highest BCUT2D eigenvalue weighted by Crippen LogP contribution is 2.33. The van der Waals surface area contributed by atoms with Crippen LogP contribution >= 0.6 is 0 Å². The third-order valence-corrected chi connectivity index (χ3v) is 3.38. The zero-order valence-electron chi connectivity index (χ0n) is 8.19. The summed E-state index contributed by atoms with van der Waals surface area (Å²) in [5.41, 5.74) is 0. The second-order valence-corrected chi connectivity index (χ2v) is 5.11. The third-order valence-electron chi connectivity index (χ3n) is 2.49. The van der Waals surface area contributed by atoms with Gasteiger partial charge in [0.05, 0.1) is 13.2 Å². The summed E-state index contributed by atoms with van der Waals surface area (Å²) in [7, 11) is -2.65. The summed E-state index contributed by atoms with van der Waals surface area (Å²) in [5.74, 6) is 0.826. The maximum atomic E-state index is 11.0. The quantitative estimate of drug-likeness (QED) is 0.702. The van der Waals surface area contributed by atoms with Gasteiger partial charge in [-0.25, -0.2) is 4.18 Å². The van der Waals surface area contributed by atoms with Crippen LogP contribution in [0.25, 0.3) is 0 Å². The Bertz CT molecular complexity index is 259. The minimum Gasteiger partial charge on any atom is -0.252 e. The minimum atomic E-state index is -3.76. The van der Waals surface area contributed by atoms with Crippen LogP contribution in [0.1, 0.15) is 26.7 Å². The fourth-order valence-electron chi connectivity index (χ4n) is 1.84. The monoisotopic (exact) mass is 208 g/mol. The highest BCUT2D eigenvalue weighted by Gasteiger charge is 2.33. The van der Waals surface area contributed by atoms with Crippen molar-refractivity contribution in [2.75, 3.05) is 7.11 Å². The van der Waals surface area contributed by atoms with Crippen molar-refractivity contribution >= 4 is 10.4 Å². The van der Waals surface area contributed by atoms with Gasteiger partial charge in [-0.1, -0.05) is 13.8 Å². The topological polar surface area (TPSA) is 52.6 Å². The molecule has 1 fully saturated rings. The molecule has 0 spiro atoms. The van der Waals surface area contributed by atoms with Crippen LogP contribution in [0.2, 0.25) is 0 Å². The molecule has 0 saturated heterocycles. The summed E-state index contributed by atoms with van der Waals surface area (Å²) in [6.07, 6.45) is 1.60. The average Bonchev–Trinajstić information content (AvgIpc) is 2.30. The summed E-state index contributed by atoms with van der Waals surface area (Å²) in [5, 5.41) is 0. The molecule has 78 valence electrons. The van der Waals surface area contributed by atoms with Crippen molar-refractivity contribution in [3.05, 3.63) is 0 Å². The summed E-state index contributed by atoms with van der Waals surface area (Å²) in [6.45, 7) is 4.10. The van der Waals surface area contributed by atoms with Gasteiger partial charge in [0.25, 0.3) is 0 Å². The van der Waals surface area contributed by atoms with Crippen molar-refractivity contribution in [2.24, 2.45) is 11.8 Å². The lowest BCUT2D eigenvalue weighted by atomic mass is 10.1. The molecule has 0 heterocycles. The molecule has 0 amide bonds. The van der Waals surface area contributed by atoms with Gasteiger partial charge in [-0.15, -0.1) is 0 Å². The van der Waals surface area contributed by atoms with Gasteiger partial charge in [0.15, 0.2) is 0 Å². The molecule has 0 aromatic carbocycles. The lowest BCUT2D eigenvalue weighted by molar-refractivity contribution is 0.142. The first-order valence-electron chi connectivity index (χ1n) is 4.43. The standard InChI is InChI=1S/C8H16O4S/c1-6-4-7(2)8(5-6)12-13(9,10)11-3/h6-8H,4-5H2,1-3H3. The van der Waals surface area contributed by atoms with Gasteiger partial charge in [0.2, 0.25) is 0 Å². The Morgan fingerprint density at radius 2 is 1.85 bits per heavy atom. The van der Waals surface area contributed by atoms with Crippen molar-refractivity contribution in [3.8, 4) is 0 Å². The summed E-state index contributed by atoms with van der Waals surface area (Å²) >= 11 is 0. The van der Waals surface area contributed by atoms with E-state index in [1.54, 1.807) is 0 Å². The summed E-state index contributed by atoms with van der Waals surface area (Å²) < 4.78 is 31.0. The maximum Gasteiger partial charge on any atom is 0.399 e. The van der Waals surface area contributed by atoms with Crippen LogP contribution in [0, 0.1) is 11.8 Å². The van der Waals surface area contributed by atoms with Gasteiger partial charge < -0.3 is 0 Å². The fraction of sp³-hybridized carbons (Fsp3) is 1.00. The highest BCUT2D eigenvalue weighted by molar-refractivity contribution is 7.81. The van der Waals surface area contributed by atoms with Crippen LogP contribution in [0.5, 0.6) is 0 Å². The molecule has 0 aliphatic heterocycles. The van der Waals surface area contributed by atoms with Gasteiger partial charge in [-0.2, -0.15) is 8.42 Å². The van der Waals surface area contributed by atoms with E-state index in [0.29, 0.717) is 11.8 Å². The Kier molecular flexibility index (Phi) is 3.32. The van der Waals surface area contributed by atoms with Crippen LogP contribution in [0.3, 0.4) is 0 Å². The fourth-order valence-corrected chi connectivity index (χ4v) is 2.49. The zero-order valence-corrected chi connectivity index (χ0v) is 9.00. The molecule has 1 aliphatic rings. The van der Waals surface area contributed by atoms with Crippen LogP contribution in [0.4, 0.5) is 0 Å². The number of hydrogen-bond donors (Lipinski definition) is 0. The number of hydrogen-bond acceptors (Lipinski definition) is 4. The molecule has 5 heteroatoms. The Balaban J connectivity index is 2.55. The Labute approximate surface area is 79.6 Å². The van der Waals surface area contributed by atoms with E-state index < -0.39 is 10.4 Å². The van der Waals surface area contributed by atoms with E-state index in [1.807, 2.05) is 6.92 Å². The molecule has 4 nitrogen and oxygen atoms in total. The first-order chi connectivity index (χ1) is 5.94. The Morgan fingerprint density at radius 1 is 1.23 bits per heavy atom. The van der Waals surface area contributed by atoms with Gasteiger partial charge in [0.1, 0.15) is 0 Å². The minimum absolute atomic E-state index is 0.208. The molecule has 13 heavy (non-hydrogen) atoms. The normalized spacial score (nSPS) is 35.2. The molecule has 1 aliphatic carbocycles. The van der Waals surface area contributed by atoms with E-state index in [4.69, 9.17) is 4.18 Å². The lowest BCUT2D eigenvalue weighted by Gasteiger charge is -2.14. The van der Waals surface area contributed by atoms with E-state index in [1.165, 1.54) is 0 Å². The first kappa shape index (κ1) is 10.9. The van der Waals surface area contributed by atoms with Crippen molar-refractivity contribution < 1.29 is 16.8 Å². The van der Waals surface area contributed by atoms with Gasteiger partial charge >= 0.3 is 10.4 Å². The van der Waals surface area contributed by atoms with Crippen LogP contribution in [-0.4, -0.2) is 21.6 Å². The maximum absolute atomic E-state index is 11.0. The molecular weight excluding hydrogens is 192 g/mol. The van der Waals surface area contributed by atoms with E-state index in [9.17, 15) is 8.42 Å². The van der Waals surface area contributed by atoms with Gasteiger partial charge in [-0.3, -0.25) is 4.18 Å². The van der Waals surface area contributed by atoms with E-state index in [2.05, 4.69) is 11.1 Å². The molecule has 3 atom stereocenters. The predicted octanol–water partition coefficient (Wildman–Crippen LogP) is 1.33. The second-order valence-electron chi connectivity index (χ2n) is 3.76. The molecular formula is C8H16O4S. The zero-order chi connectivity index (χ0) is 10.1. The molecule has 1 saturated carbocycles. The molecule has 3 unspecified atom stereocenters. The third kappa shape index (κ3) is 2.93. The first-order valence-corrected chi connectivity index (χ1v) is 5.76. The van der Waals surface area contributed by atoms with E-state index in [0.717, 1.165) is 20.0 Å². The van der Waals surface area contributed by atoms with E-state index in [-0.39, 0.29) is 6.10 Å². The largest absolute Gasteiger partial charge is 0.399 e. The number of rotatable bonds is 3. The molecule has 0 radical (unpaired) electrons. The van der Waals surface area contributed by atoms with Crippen LogP contribution < -0.4 is 0 Å². The molecule has 0 N–H and O–H groups in total. The SMILES string of the molecule is COS(=O)(=O)OC1CC(C)CC1C. The Morgan fingerprint density at radius 3 is 2.23 bits per heavy atom. The van der Waals surface area contributed by atoms with Crippen molar-refractivity contribution in [2.45, 2.75) is 32.8 Å². The molecule has 1 rings (SSSR count). The second kappa shape index (κ2) is 3.94. The van der Waals surface area contributed by atoms with Crippen molar-refractivity contribution in [3.63, 3.8) is 0 Å². The van der Waals surface area contributed by atoms with Crippen molar-refractivity contribution in [1.29, 1.82) is 0 Å². The van der Waals surface area contributed by atoms with Gasteiger partial charge in [0, 0.05) is 0 Å². The van der Waals surface area contributed by atoms with E-state index >= 15 is 0 Å².